The van der Waals surface area contributed by atoms with Gasteiger partial charge in [0.25, 0.3) is 5.91 Å². The normalized spacial score (nSPS) is 12.6. The van der Waals surface area contributed by atoms with Gasteiger partial charge in [-0.15, -0.1) is 10.2 Å². The van der Waals surface area contributed by atoms with E-state index in [1.807, 2.05) is 30.3 Å². The molecule has 1 atom stereocenters. The van der Waals surface area contributed by atoms with Crippen LogP contribution in [-0.2, 0) is 16.1 Å². The number of amides is 2. The topological polar surface area (TPSA) is 115 Å². The minimum absolute atomic E-state index is 0.112. The second-order valence-electron chi connectivity index (χ2n) is 8.28. The van der Waals surface area contributed by atoms with Gasteiger partial charge in [-0.1, -0.05) is 41.9 Å². The van der Waals surface area contributed by atoms with Crippen LogP contribution in [0.15, 0.2) is 42.6 Å². The molecule has 170 valence electrons. The lowest BCUT2D eigenvalue weighted by molar-refractivity contribution is -0.126. The lowest BCUT2D eigenvalue weighted by Gasteiger charge is -2.23. The zero-order valence-electron chi connectivity index (χ0n) is 18.5. The van der Waals surface area contributed by atoms with Crippen molar-refractivity contribution >= 4 is 29.1 Å². The predicted octanol–water partition coefficient (Wildman–Crippen LogP) is 2.20. The molecule has 3 rings (SSSR count). The number of halogens is 1. The molecule has 3 aromatic rings. The molecule has 2 aromatic heterocycles. The highest BCUT2D eigenvalue weighted by molar-refractivity contribution is 6.33. The number of rotatable bonds is 8. The van der Waals surface area contributed by atoms with E-state index in [1.165, 1.54) is 4.90 Å². The predicted molar refractivity (Wildman–Crippen MR) is 121 cm³/mol. The average Bonchev–Trinajstić information content (AvgIpc) is 3.16. The Hall–Kier alpha value is -3.01. The molecular formula is C22H27ClN6O3. The van der Waals surface area contributed by atoms with Gasteiger partial charge in [0.1, 0.15) is 6.04 Å². The van der Waals surface area contributed by atoms with E-state index >= 15 is 0 Å². The Labute approximate surface area is 191 Å². The largest absolute Gasteiger partial charge is 0.374 e. The van der Waals surface area contributed by atoms with Gasteiger partial charge in [0.2, 0.25) is 5.91 Å². The Morgan fingerprint density at radius 1 is 1.25 bits per heavy atom. The number of fused-ring (bicyclic) bond motifs is 1. The summed E-state index contributed by atoms with van der Waals surface area (Å²) in [5.74, 6) is -0.229. The molecular weight excluding hydrogens is 432 g/mol. The minimum Gasteiger partial charge on any atom is -0.374 e. The molecule has 32 heavy (non-hydrogen) atoms. The molecule has 3 N–H and O–H groups in total. The van der Waals surface area contributed by atoms with Gasteiger partial charge in [-0.05, 0) is 25.5 Å². The molecule has 2 amide bonds. The van der Waals surface area contributed by atoms with Crippen LogP contribution in [0.4, 0.5) is 0 Å². The van der Waals surface area contributed by atoms with Crippen molar-refractivity contribution < 1.29 is 14.3 Å². The van der Waals surface area contributed by atoms with E-state index < -0.39 is 11.6 Å². The Morgan fingerprint density at radius 3 is 2.56 bits per heavy atom. The lowest BCUT2D eigenvalue weighted by Crippen LogP contribution is -2.50. The number of pyridine rings is 1. The van der Waals surface area contributed by atoms with E-state index in [0.717, 1.165) is 5.56 Å². The van der Waals surface area contributed by atoms with Crippen LogP contribution < -0.4 is 11.1 Å². The van der Waals surface area contributed by atoms with Crippen molar-refractivity contribution in [1.82, 2.24) is 24.8 Å². The number of benzene rings is 1. The number of carbonyl (C=O) groups is 2. The number of aromatic nitrogens is 3. The first-order valence-corrected chi connectivity index (χ1v) is 10.4. The Morgan fingerprint density at radius 2 is 1.94 bits per heavy atom. The smallest absolute Gasteiger partial charge is 0.254 e. The van der Waals surface area contributed by atoms with E-state index in [-0.39, 0.29) is 23.4 Å². The van der Waals surface area contributed by atoms with Gasteiger partial charge in [-0.25, -0.2) is 0 Å². The first kappa shape index (κ1) is 23.6. The summed E-state index contributed by atoms with van der Waals surface area (Å²) in [5.41, 5.74) is 6.58. The number of nitrogens with zero attached hydrogens (tertiary/aromatic N) is 4. The highest BCUT2D eigenvalue weighted by atomic mass is 35.5. The second-order valence-corrected chi connectivity index (χ2v) is 8.68. The van der Waals surface area contributed by atoms with Crippen molar-refractivity contribution in [3.05, 3.63) is 64.6 Å². The molecule has 0 bridgehead atoms. The van der Waals surface area contributed by atoms with E-state index in [2.05, 4.69) is 15.5 Å². The maximum Gasteiger partial charge on any atom is 0.254 e. The number of hydrogen-bond acceptors (Lipinski definition) is 6. The fraction of sp³-hybridized carbons (Fsp3) is 0.364. The van der Waals surface area contributed by atoms with Crippen molar-refractivity contribution in [2.75, 3.05) is 20.7 Å². The van der Waals surface area contributed by atoms with Crippen LogP contribution in [0.3, 0.4) is 0 Å². The fourth-order valence-corrected chi connectivity index (χ4v) is 3.22. The van der Waals surface area contributed by atoms with Crippen molar-refractivity contribution in [1.29, 1.82) is 0 Å². The van der Waals surface area contributed by atoms with E-state index in [4.69, 9.17) is 22.1 Å². The summed E-state index contributed by atoms with van der Waals surface area (Å²) < 4.78 is 7.47. The molecule has 0 unspecified atom stereocenters. The molecule has 9 nitrogen and oxygen atoms in total. The second kappa shape index (κ2) is 9.64. The van der Waals surface area contributed by atoms with E-state index in [0.29, 0.717) is 23.6 Å². The zero-order chi connectivity index (χ0) is 23.5. The summed E-state index contributed by atoms with van der Waals surface area (Å²) in [6, 6.07) is 10.5. The molecule has 0 saturated heterocycles. The minimum atomic E-state index is -1.11. The molecule has 0 aliphatic rings. The van der Waals surface area contributed by atoms with Gasteiger partial charge >= 0.3 is 0 Å². The Bertz CT molecular complexity index is 1110. The van der Waals surface area contributed by atoms with Gasteiger partial charge in [-0.3, -0.25) is 14.0 Å². The quantitative estimate of drug-likeness (QED) is 0.534. The van der Waals surface area contributed by atoms with Crippen molar-refractivity contribution in [2.45, 2.75) is 32.0 Å². The van der Waals surface area contributed by atoms with Gasteiger partial charge in [0.05, 0.1) is 29.3 Å². The van der Waals surface area contributed by atoms with Gasteiger partial charge in [0, 0.05) is 20.3 Å². The highest BCUT2D eigenvalue weighted by Crippen LogP contribution is 2.23. The summed E-state index contributed by atoms with van der Waals surface area (Å²) in [6.07, 6.45) is 1.60. The SMILES string of the molecule is CN(C)C(=O)c1cc(Cl)c2nnc([C@@H](COCc3ccccc3)NC(=O)C(C)(C)N)n2c1. The number of hydrogen-bond donors (Lipinski definition) is 2. The monoisotopic (exact) mass is 458 g/mol. The van der Waals surface area contributed by atoms with Crippen LogP contribution in [-0.4, -0.2) is 57.6 Å². The fourth-order valence-electron chi connectivity index (χ4n) is 2.98. The first-order chi connectivity index (χ1) is 15.1. The summed E-state index contributed by atoms with van der Waals surface area (Å²) in [5, 5.41) is 11.5. The van der Waals surface area contributed by atoms with Crippen LogP contribution >= 0.6 is 11.6 Å². The zero-order valence-corrected chi connectivity index (χ0v) is 19.3. The van der Waals surface area contributed by atoms with Crippen LogP contribution in [0, 0.1) is 0 Å². The van der Waals surface area contributed by atoms with Gasteiger partial charge in [0.15, 0.2) is 11.5 Å². The number of nitrogens with one attached hydrogen (secondary N) is 1. The summed E-state index contributed by atoms with van der Waals surface area (Å²) in [4.78, 5) is 26.6. The third kappa shape index (κ3) is 5.42. The van der Waals surface area contributed by atoms with Gasteiger partial charge < -0.3 is 20.7 Å². The maximum atomic E-state index is 12.6. The average molecular weight is 459 g/mol. The van der Waals surface area contributed by atoms with Crippen LogP contribution in [0.1, 0.15) is 41.6 Å². The molecule has 0 saturated carbocycles. The van der Waals surface area contributed by atoms with Crippen LogP contribution in [0.2, 0.25) is 5.02 Å². The van der Waals surface area contributed by atoms with Crippen molar-refractivity contribution in [3.8, 4) is 0 Å². The molecule has 0 aliphatic heterocycles. The van der Waals surface area contributed by atoms with Crippen LogP contribution in [0.25, 0.3) is 5.65 Å². The molecule has 1 aromatic carbocycles. The standard InChI is InChI=1S/C22H27ClN6O3/c1-22(2,24)21(31)25-17(13-32-12-14-8-6-5-7-9-14)19-27-26-18-16(23)10-15(11-29(18)19)20(30)28(3)4/h5-11,17H,12-13,24H2,1-4H3,(H,25,31)/t17-/m1/s1. The summed E-state index contributed by atoms with van der Waals surface area (Å²) >= 11 is 6.36. The Balaban J connectivity index is 1.95. The molecule has 0 radical (unpaired) electrons. The van der Waals surface area contributed by atoms with Gasteiger partial charge in [-0.2, -0.15) is 0 Å². The molecule has 0 aliphatic carbocycles. The molecule has 10 heteroatoms. The number of nitrogens with two attached hydrogens (primary N) is 1. The van der Waals surface area contributed by atoms with Crippen molar-refractivity contribution in [2.24, 2.45) is 5.73 Å². The highest BCUT2D eigenvalue weighted by Gasteiger charge is 2.28. The van der Waals surface area contributed by atoms with E-state index in [1.54, 1.807) is 44.6 Å². The first-order valence-electron chi connectivity index (χ1n) is 10.0. The maximum absolute atomic E-state index is 12.6. The molecule has 2 heterocycles. The lowest BCUT2D eigenvalue weighted by atomic mass is 10.1. The number of ether oxygens (including phenoxy) is 1. The summed E-state index contributed by atoms with van der Waals surface area (Å²) in [7, 11) is 3.30. The third-order valence-electron chi connectivity index (χ3n) is 4.74. The number of carbonyl (C=O) groups excluding carboxylic acids is 2. The van der Waals surface area contributed by atoms with Crippen LogP contribution in [0.5, 0.6) is 0 Å². The molecule has 0 fully saturated rings. The Kier molecular flexibility index (Phi) is 7.12. The van der Waals surface area contributed by atoms with E-state index in [9.17, 15) is 9.59 Å². The third-order valence-corrected chi connectivity index (χ3v) is 5.02. The van der Waals surface area contributed by atoms with Crippen molar-refractivity contribution in [3.63, 3.8) is 0 Å². The summed E-state index contributed by atoms with van der Waals surface area (Å²) in [6.45, 7) is 3.68. The molecule has 0 spiro atoms.